The zero-order valence-electron chi connectivity index (χ0n) is 11.4. The van der Waals surface area contributed by atoms with Gasteiger partial charge in [0.15, 0.2) is 0 Å². The van der Waals surface area contributed by atoms with Crippen molar-refractivity contribution >= 4 is 12.4 Å². The van der Waals surface area contributed by atoms with E-state index in [2.05, 4.69) is 4.98 Å². The predicted octanol–water partition coefficient (Wildman–Crippen LogP) is -0.671. The Morgan fingerprint density at radius 3 is 2.65 bits per heavy atom. The number of nitrogens with zero attached hydrogens (tertiary/aromatic N) is 2. The predicted molar refractivity (Wildman–Crippen MR) is 67.6 cm³/mol. The summed E-state index contributed by atoms with van der Waals surface area (Å²) >= 11 is 0. The second-order valence-corrected chi connectivity index (χ2v) is 4.16. The number of hydrogen-bond acceptors (Lipinski definition) is 2. The number of aryl methyl sites for hydroxylation is 1. The molecule has 20 heavy (non-hydrogen) atoms. The molecule has 0 radical (unpaired) electrons. The summed E-state index contributed by atoms with van der Waals surface area (Å²) in [7, 11) is 0. The minimum atomic E-state index is -4.98. The van der Waals surface area contributed by atoms with E-state index < -0.39 is 12.4 Å². The van der Waals surface area contributed by atoms with E-state index in [9.17, 15) is 12.9 Å². The fourth-order valence-electron chi connectivity index (χ4n) is 1.71. The number of halogens is 3. The maximum absolute atomic E-state index is 12.6. The first-order valence-electron chi connectivity index (χ1n) is 5.87. The van der Waals surface area contributed by atoms with E-state index in [0.717, 1.165) is 18.0 Å². The average Bonchev–Trinajstić information content (AvgIpc) is 2.75. The minimum absolute atomic E-state index is 0. The number of aromatic nitrogens is 2. The molecule has 2 aromatic rings. The molecule has 102 valence electrons. The summed E-state index contributed by atoms with van der Waals surface area (Å²) in [6.07, 6.45) is 3.47. The largest absolute Gasteiger partial charge is 1.00 e. The smallest absolute Gasteiger partial charge is 0.492 e. The van der Waals surface area contributed by atoms with E-state index >= 15 is 0 Å². The number of benzene rings is 1. The molecule has 3 nitrogen and oxygen atoms in total. The summed E-state index contributed by atoms with van der Waals surface area (Å²) in [6, 6.07) is 4.95. The molecule has 1 heterocycles. The first-order valence-corrected chi connectivity index (χ1v) is 5.87. The van der Waals surface area contributed by atoms with Gasteiger partial charge in [-0.15, -0.1) is 5.46 Å². The molecule has 0 spiro atoms. The topological polar surface area (TPSA) is 27.1 Å². The molecule has 0 atom stereocenters. The number of rotatable bonds is 5. The number of hydrogen-bond donors (Lipinski definition) is 0. The molecule has 0 saturated heterocycles. The fraction of sp³-hybridized carbons (Fsp3) is 0.250. The van der Waals surface area contributed by atoms with Crippen LogP contribution >= 0.6 is 0 Å². The van der Waals surface area contributed by atoms with Crippen molar-refractivity contribution in [2.24, 2.45) is 0 Å². The molecule has 8 heteroatoms. The quantitative estimate of drug-likeness (QED) is 0.685. The van der Waals surface area contributed by atoms with Crippen LogP contribution in [0.5, 0.6) is 5.75 Å². The SMILES string of the molecule is Cc1nccn1CCOc1cccc([B-](F)(F)F)c1.[K+]. The van der Waals surface area contributed by atoms with Gasteiger partial charge in [0.05, 0.1) is 6.54 Å². The van der Waals surface area contributed by atoms with E-state index in [0.29, 0.717) is 13.2 Å². The molecule has 0 unspecified atom stereocenters. The van der Waals surface area contributed by atoms with E-state index in [1.54, 1.807) is 12.4 Å². The van der Waals surface area contributed by atoms with Crippen LogP contribution in [-0.2, 0) is 6.54 Å². The Bertz CT molecular complexity index is 560. The van der Waals surface area contributed by atoms with Gasteiger partial charge in [0.2, 0.25) is 0 Å². The van der Waals surface area contributed by atoms with Crippen LogP contribution in [0.4, 0.5) is 12.9 Å². The van der Waals surface area contributed by atoms with Gasteiger partial charge in [0, 0.05) is 12.4 Å². The van der Waals surface area contributed by atoms with Crippen LogP contribution in [0.3, 0.4) is 0 Å². The third-order valence-corrected chi connectivity index (χ3v) is 2.76. The van der Waals surface area contributed by atoms with Crippen LogP contribution in [0.1, 0.15) is 5.82 Å². The normalized spacial score (nSPS) is 11.0. The summed E-state index contributed by atoms with van der Waals surface area (Å²) in [5.41, 5.74) is -0.642. The average molecular weight is 308 g/mol. The monoisotopic (exact) mass is 308 g/mol. The first kappa shape index (κ1) is 17.8. The number of imidazole rings is 1. The first-order chi connectivity index (χ1) is 8.97. The molecular formula is C12H13BF3KN2O. The Morgan fingerprint density at radius 1 is 1.30 bits per heavy atom. The van der Waals surface area contributed by atoms with Gasteiger partial charge in [-0.25, -0.2) is 4.98 Å². The number of ether oxygens (including phenoxy) is 1. The second-order valence-electron chi connectivity index (χ2n) is 4.16. The van der Waals surface area contributed by atoms with Crippen molar-refractivity contribution < 1.29 is 69.1 Å². The summed E-state index contributed by atoms with van der Waals surface area (Å²) in [5, 5.41) is 0. The van der Waals surface area contributed by atoms with Crippen molar-refractivity contribution in [1.29, 1.82) is 0 Å². The van der Waals surface area contributed by atoms with Gasteiger partial charge in [-0.1, -0.05) is 12.1 Å². The summed E-state index contributed by atoms with van der Waals surface area (Å²) in [5.74, 6) is 1.07. The van der Waals surface area contributed by atoms with Crippen LogP contribution in [0.25, 0.3) is 0 Å². The molecule has 0 bridgehead atoms. The Morgan fingerprint density at radius 2 is 2.05 bits per heavy atom. The molecule has 0 aliphatic rings. The van der Waals surface area contributed by atoms with Crippen LogP contribution in [0.2, 0.25) is 0 Å². The molecule has 0 amide bonds. The Kier molecular flexibility index (Phi) is 6.80. The van der Waals surface area contributed by atoms with Crippen LogP contribution in [0, 0.1) is 6.92 Å². The van der Waals surface area contributed by atoms with Crippen molar-refractivity contribution in [2.45, 2.75) is 13.5 Å². The molecular weight excluding hydrogens is 295 g/mol. The van der Waals surface area contributed by atoms with E-state index in [1.807, 2.05) is 11.5 Å². The van der Waals surface area contributed by atoms with E-state index in [4.69, 9.17) is 4.74 Å². The van der Waals surface area contributed by atoms with Crippen LogP contribution in [-0.4, -0.2) is 23.1 Å². The summed E-state index contributed by atoms with van der Waals surface area (Å²) < 4.78 is 44.9. The van der Waals surface area contributed by atoms with Crippen LogP contribution < -0.4 is 61.6 Å². The molecule has 0 saturated carbocycles. The van der Waals surface area contributed by atoms with Gasteiger partial charge in [0.25, 0.3) is 0 Å². The van der Waals surface area contributed by atoms with Gasteiger partial charge >= 0.3 is 58.4 Å². The van der Waals surface area contributed by atoms with Gasteiger partial charge < -0.3 is 22.3 Å². The van der Waals surface area contributed by atoms with E-state index in [1.165, 1.54) is 12.1 Å². The van der Waals surface area contributed by atoms with Gasteiger partial charge in [-0.2, -0.15) is 0 Å². The molecule has 1 aromatic heterocycles. The zero-order valence-corrected chi connectivity index (χ0v) is 14.5. The molecule has 0 N–H and O–H groups in total. The maximum atomic E-state index is 12.6. The van der Waals surface area contributed by atoms with Crippen LogP contribution in [0.15, 0.2) is 36.7 Å². The Hall–Kier alpha value is -0.279. The third-order valence-electron chi connectivity index (χ3n) is 2.76. The molecule has 1 aromatic carbocycles. The van der Waals surface area contributed by atoms with Crippen molar-refractivity contribution in [3.05, 3.63) is 42.5 Å². The van der Waals surface area contributed by atoms with Crippen molar-refractivity contribution in [2.75, 3.05) is 6.61 Å². The van der Waals surface area contributed by atoms with Crippen molar-refractivity contribution in [3.8, 4) is 5.75 Å². The Balaban J connectivity index is 0.00000200. The summed E-state index contributed by atoms with van der Waals surface area (Å²) in [6.45, 7) is -2.28. The van der Waals surface area contributed by atoms with Gasteiger partial charge in [-0.3, -0.25) is 0 Å². The molecule has 0 aliphatic carbocycles. The zero-order chi connectivity index (χ0) is 13.9. The molecule has 0 aliphatic heterocycles. The summed E-state index contributed by atoms with van der Waals surface area (Å²) in [4.78, 5) is 4.05. The fourth-order valence-corrected chi connectivity index (χ4v) is 1.71. The molecule has 2 rings (SSSR count). The van der Waals surface area contributed by atoms with E-state index in [-0.39, 0.29) is 57.1 Å². The second kappa shape index (κ2) is 7.65. The maximum Gasteiger partial charge on any atom is 1.00 e. The molecule has 0 fully saturated rings. The van der Waals surface area contributed by atoms with Gasteiger partial charge in [-0.05, 0) is 19.1 Å². The van der Waals surface area contributed by atoms with Gasteiger partial charge in [0.1, 0.15) is 18.2 Å². The standard InChI is InChI=1S/C12H13BF3N2O.K/c1-10-17-5-6-18(10)7-8-19-12-4-2-3-11(9-12)13(14,15)16;/h2-6,9H,7-8H2,1H3;/q-1;+1. The minimum Gasteiger partial charge on any atom is -0.492 e. The van der Waals surface area contributed by atoms with Crippen molar-refractivity contribution in [3.63, 3.8) is 0 Å². The van der Waals surface area contributed by atoms with Crippen molar-refractivity contribution in [1.82, 2.24) is 9.55 Å². The Labute approximate surface area is 158 Å². The third kappa shape index (κ3) is 4.92.